The predicted octanol–water partition coefficient (Wildman–Crippen LogP) is 0.0914. The molecule has 5 rings (SSSR count). The molecule has 0 bridgehead atoms. The summed E-state index contributed by atoms with van der Waals surface area (Å²) in [4.78, 5) is 33.4. The second kappa shape index (κ2) is 8.25. The Morgan fingerprint density at radius 2 is 2.06 bits per heavy atom. The molecule has 160 valence electrons. The highest BCUT2D eigenvalue weighted by atomic mass is 16.5. The van der Waals surface area contributed by atoms with Gasteiger partial charge in [-0.15, -0.1) is 5.10 Å². The highest BCUT2D eigenvalue weighted by Crippen LogP contribution is 2.32. The third kappa shape index (κ3) is 4.03. The molecule has 1 aromatic carbocycles. The monoisotopic (exact) mass is 422 g/mol. The van der Waals surface area contributed by atoms with Gasteiger partial charge in [0.2, 0.25) is 17.7 Å². The number of amides is 2. The molecule has 31 heavy (non-hydrogen) atoms. The molecular weight excluding hydrogens is 400 g/mol. The van der Waals surface area contributed by atoms with Gasteiger partial charge in [-0.1, -0.05) is 35.5 Å². The molecule has 0 aliphatic carbocycles. The van der Waals surface area contributed by atoms with Crippen LogP contribution in [0.3, 0.4) is 0 Å². The predicted molar refractivity (Wildman–Crippen MR) is 105 cm³/mol. The summed E-state index contributed by atoms with van der Waals surface area (Å²) in [5.74, 6) is 1.13. The molecule has 0 unspecified atom stereocenters. The summed E-state index contributed by atoms with van der Waals surface area (Å²) < 4.78 is 6.77. The molecule has 0 radical (unpaired) electrons. The molecule has 11 heteroatoms. The van der Waals surface area contributed by atoms with E-state index < -0.39 is 0 Å². The van der Waals surface area contributed by atoms with E-state index in [4.69, 9.17) is 4.52 Å². The van der Waals surface area contributed by atoms with Gasteiger partial charge in [0.05, 0.1) is 12.1 Å². The lowest BCUT2D eigenvalue weighted by atomic mass is 10.1. The lowest BCUT2D eigenvalue weighted by molar-refractivity contribution is -0.133. The number of tetrazole rings is 1. The number of hydrogen-bond donors (Lipinski definition) is 0. The van der Waals surface area contributed by atoms with Crippen LogP contribution in [0.5, 0.6) is 0 Å². The summed E-state index contributed by atoms with van der Waals surface area (Å²) in [7, 11) is 0. The van der Waals surface area contributed by atoms with E-state index >= 15 is 0 Å². The maximum Gasteiger partial charge on any atom is 0.244 e. The Bertz CT molecular complexity index is 1050. The van der Waals surface area contributed by atoms with Crippen molar-refractivity contribution < 1.29 is 14.1 Å². The summed E-state index contributed by atoms with van der Waals surface area (Å²) in [6, 6.07) is 9.88. The van der Waals surface area contributed by atoms with Crippen LogP contribution >= 0.6 is 0 Å². The van der Waals surface area contributed by atoms with E-state index in [0.29, 0.717) is 44.1 Å². The lowest BCUT2D eigenvalue weighted by Crippen LogP contribution is -2.41. The zero-order valence-electron chi connectivity index (χ0n) is 16.9. The van der Waals surface area contributed by atoms with Crippen molar-refractivity contribution in [3.05, 3.63) is 53.9 Å². The van der Waals surface area contributed by atoms with Crippen LogP contribution in [0.2, 0.25) is 0 Å². The Kier molecular flexibility index (Phi) is 5.14. The highest BCUT2D eigenvalue weighted by molar-refractivity contribution is 5.83. The van der Waals surface area contributed by atoms with Crippen molar-refractivity contribution in [2.45, 2.75) is 44.3 Å². The summed E-state index contributed by atoms with van der Waals surface area (Å²) in [6.07, 6.45) is 3.62. The Labute approximate surface area is 178 Å². The summed E-state index contributed by atoms with van der Waals surface area (Å²) in [6.45, 7) is 1.21. The third-order valence-corrected chi connectivity index (χ3v) is 5.91. The first-order valence-electron chi connectivity index (χ1n) is 10.3. The molecule has 2 saturated heterocycles. The molecule has 0 saturated carbocycles. The largest absolute Gasteiger partial charge is 0.339 e. The quantitative estimate of drug-likeness (QED) is 0.525. The number of fused-ring (bicyclic) bond motifs is 1. The maximum absolute atomic E-state index is 12.6. The minimum atomic E-state index is -0.104. The Balaban J connectivity index is 1.18. The number of carbonyl (C=O) groups excluding carboxylic acids is 2. The molecule has 0 spiro atoms. The molecule has 2 aliphatic rings. The van der Waals surface area contributed by atoms with Crippen LogP contribution in [0.1, 0.15) is 30.1 Å². The first-order chi connectivity index (χ1) is 15.2. The molecule has 2 aliphatic heterocycles. The zero-order valence-corrected chi connectivity index (χ0v) is 16.9. The molecule has 2 fully saturated rings. The summed E-state index contributed by atoms with van der Waals surface area (Å²) >= 11 is 0. The van der Waals surface area contributed by atoms with E-state index in [-0.39, 0.29) is 30.4 Å². The van der Waals surface area contributed by atoms with Gasteiger partial charge in [-0.3, -0.25) is 9.59 Å². The van der Waals surface area contributed by atoms with Gasteiger partial charge in [-0.25, -0.2) is 4.68 Å². The van der Waals surface area contributed by atoms with Gasteiger partial charge in [0.15, 0.2) is 5.82 Å². The Morgan fingerprint density at radius 1 is 1.19 bits per heavy atom. The van der Waals surface area contributed by atoms with E-state index in [2.05, 4.69) is 25.7 Å². The standard InChI is InChI=1S/C20H22N8O3/c29-19-11-16-15(6-8-28(16)20(30)12-26-13-21-24-25-26)27(19)9-7-18-22-17(23-31-18)10-14-4-2-1-3-5-14/h1-5,13,15-16H,6-12H2/t15-,16-/m0/s1. The second-order valence-electron chi connectivity index (χ2n) is 7.83. The Hall–Kier alpha value is -3.63. The second-order valence-corrected chi connectivity index (χ2v) is 7.83. The van der Waals surface area contributed by atoms with Crippen LogP contribution in [0, 0.1) is 0 Å². The molecule has 3 aromatic rings. The van der Waals surface area contributed by atoms with Gasteiger partial charge in [-0.05, 0) is 22.4 Å². The van der Waals surface area contributed by atoms with Crippen molar-refractivity contribution >= 4 is 11.8 Å². The lowest BCUT2D eigenvalue weighted by Gasteiger charge is -2.25. The number of rotatable bonds is 7. The van der Waals surface area contributed by atoms with E-state index in [1.165, 1.54) is 11.0 Å². The van der Waals surface area contributed by atoms with Crippen molar-refractivity contribution in [2.75, 3.05) is 13.1 Å². The van der Waals surface area contributed by atoms with E-state index in [1.807, 2.05) is 35.2 Å². The average Bonchev–Trinajstić information content (AvgIpc) is 3.54. The van der Waals surface area contributed by atoms with Crippen LogP contribution < -0.4 is 0 Å². The number of benzene rings is 1. The highest BCUT2D eigenvalue weighted by Gasteiger charge is 2.48. The molecule has 11 nitrogen and oxygen atoms in total. The molecular formula is C20H22N8O3. The fraction of sp³-hybridized carbons (Fsp3) is 0.450. The minimum Gasteiger partial charge on any atom is -0.339 e. The van der Waals surface area contributed by atoms with Crippen LogP contribution in [-0.4, -0.2) is 77.1 Å². The zero-order chi connectivity index (χ0) is 21.2. The van der Waals surface area contributed by atoms with Gasteiger partial charge in [-0.2, -0.15) is 4.98 Å². The van der Waals surface area contributed by atoms with Gasteiger partial charge in [0, 0.05) is 32.4 Å². The number of carbonyl (C=O) groups is 2. The van der Waals surface area contributed by atoms with Gasteiger partial charge in [0.25, 0.3) is 0 Å². The van der Waals surface area contributed by atoms with E-state index in [0.717, 1.165) is 12.0 Å². The first kappa shape index (κ1) is 19.3. The number of hydrogen-bond acceptors (Lipinski definition) is 8. The molecule has 0 N–H and O–H groups in total. The van der Waals surface area contributed by atoms with Gasteiger partial charge < -0.3 is 14.3 Å². The van der Waals surface area contributed by atoms with Gasteiger partial charge in [0.1, 0.15) is 12.9 Å². The Morgan fingerprint density at radius 3 is 2.87 bits per heavy atom. The molecule has 2 amide bonds. The van der Waals surface area contributed by atoms with Crippen LogP contribution in [-0.2, 0) is 29.0 Å². The first-order valence-corrected chi connectivity index (χ1v) is 10.3. The van der Waals surface area contributed by atoms with Crippen molar-refractivity contribution in [1.29, 1.82) is 0 Å². The fourth-order valence-corrected chi connectivity index (χ4v) is 4.47. The van der Waals surface area contributed by atoms with Crippen molar-refractivity contribution in [3.8, 4) is 0 Å². The van der Waals surface area contributed by atoms with Crippen LogP contribution in [0.25, 0.3) is 0 Å². The fourth-order valence-electron chi connectivity index (χ4n) is 4.47. The summed E-state index contributed by atoms with van der Waals surface area (Å²) in [5, 5.41) is 14.9. The third-order valence-electron chi connectivity index (χ3n) is 5.91. The summed E-state index contributed by atoms with van der Waals surface area (Å²) in [5.41, 5.74) is 1.12. The number of nitrogens with zero attached hydrogens (tertiary/aromatic N) is 8. The smallest absolute Gasteiger partial charge is 0.244 e. The molecule has 2 aromatic heterocycles. The van der Waals surface area contributed by atoms with Crippen molar-refractivity contribution in [2.24, 2.45) is 0 Å². The van der Waals surface area contributed by atoms with E-state index in [1.54, 1.807) is 4.90 Å². The van der Waals surface area contributed by atoms with Crippen LogP contribution in [0.15, 0.2) is 41.2 Å². The molecule has 2 atom stereocenters. The van der Waals surface area contributed by atoms with Crippen molar-refractivity contribution in [1.82, 2.24) is 40.1 Å². The average molecular weight is 422 g/mol. The van der Waals surface area contributed by atoms with Crippen LogP contribution in [0.4, 0.5) is 0 Å². The molecule has 4 heterocycles. The maximum atomic E-state index is 12.6. The van der Waals surface area contributed by atoms with Crippen molar-refractivity contribution in [3.63, 3.8) is 0 Å². The number of aromatic nitrogens is 6. The topological polar surface area (TPSA) is 123 Å². The van der Waals surface area contributed by atoms with E-state index in [9.17, 15) is 9.59 Å². The SMILES string of the molecule is O=C1C[C@H]2[C@H](CCN2C(=O)Cn2cnnn2)N1CCc1nc(Cc2ccccc2)no1. The normalized spacial score (nSPS) is 20.5. The number of likely N-dealkylation sites (tertiary alicyclic amines) is 2. The minimum absolute atomic E-state index is 0.0250. The van der Waals surface area contributed by atoms with Gasteiger partial charge >= 0.3 is 0 Å².